The van der Waals surface area contributed by atoms with Crippen LogP contribution in [0.15, 0.2) is 59.0 Å². The second kappa shape index (κ2) is 7.37. The van der Waals surface area contributed by atoms with Gasteiger partial charge in [0.05, 0.1) is 0 Å². The normalized spacial score (nSPS) is 11.0. The van der Waals surface area contributed by atoms with Gasteiger partial charge in [0.25, 0.3) is 0 Å². The van der Waals surface area contributed by atoms with Crippen LogP contribution in [-0.2, 0) is 0 Å². The summed E-state index contributed by atoms with van der Waals surface area (Å²) in [6.45, 7) is 12.9. The van der Waals surface area contributed by atoms with Gasteiger partial charge in [-0.15, -0.1) is 0 Å². The molecule has 0 saturated carbocycles. The Labute approximate surface area is 156 Å². The molecule has 26 heavy (non-hydrogen) atoms. The van der Waals surface area contributed by atoms with Gasteiger partial charge in [0.15, 0.2) is 0 Å². The Morgan fingerprint density at radius 1 is 0.808 bits per heavy atom. The molecule has 4 rings (SSSR count). The number of rotatable bonds is 2. The third kappa shape index (κ3) is 3.03. The molecule has 3 aromatic carbocycles. The first-order chi connectivity index (χ1) is 12.6. The van der Waals surface area contributed by atoms with E-state index in [1.54, 1.807) is 0 Å². The van der Waals surface area contributed by atoms with Crippen molar-refractivity contribution in [2.24, 2.45) is 0 Å². The highest BCUT2D eigenvalue weighted by molar-refractivity contribution is 6.09. The molecular formula is C25H28O. The minimum absolute atomic E-state index is 0.513. The molecule has 0 aliphatic heterocycles. The third-order valence-electron chi connectivity index (χ3n) is 5.04. The predicted molar refractivity (Wildman–Crippen MR) is 114 cm³/mol. The second-order valence-electron chi connectivity index (χ2n) is 6.94. The van der Waals surface area contributed by atoms with E-state index in [0.717, 1.165) is 11.2 Å². The predicted octanol–water partition coefficient (Wildman–Crippen LogP) is 8.02. The third-order valence-corrected chi connectivity index (χ3v) is 5.04. The number of hydrogen-bond acceptors (Lipinski definition) is 1. The van der Waals surface area contributed by atoms with Gasteiger partial charge in [-0.3, -0.25) is 0 Å². The lowest BCUT2D eigenvalue weighted by atomic mass is 9.90. The Kier molecular flexibility index (Phi) is 5.18. The molecule has 0 bridgehead atoms. The van der Waals surface area contributed by atoms with Crippen molar-refractivity contribution in [1.29, 1.82) is 0 Å². The average molecular weight is 344 g/mol. The molecule has 1 aromatic heterocycles. The van der Waals surface area contributed by atoms with Crippen molar-refractivity contribution in [2.75, 3.05) is 0 Å². The summed E-state index contributed by atoms with van der Waals surface area (Å²) in [6.07, 6.45) is 0. The van der Waals surface area contributed by atoms with Gasteiger partial charge in [-0.1, -0.05) is 76.2 Å². The fourth-order valence-corrected chi connectivity index (χ4v) is 3.62. The van der Waals surface area contributed by atoms with Crippen molar-refractivity contribution in [2.45, 2.75) is 47.5 Å². The summed E-state index contributed by atoms with van der Waals surface area (Å²) in [7, 11) is 0. The summed E-state index contributed by atoms with van der Waals surface area (Å²) in [5, 5.41) is 2.37. The lowest BCUT2D eigenvalue weighted by Crippen LogP contribution is -1.96. The highest BCUT2D eigenvalue weighted by Gasteiger charge is 2.14. The van der Waals surface area contributed by atoms with Crippen molar-refractivity contribution in [3.8, 4) is 11.1 Å². The van der Waals surface area contributed by atoms with Crippen molar-refractivity contribution in [3.05, 3.63) is 71.3 Å². The van der Waals surface area contributed by atoms with Crippen LogP contribution in [-0.4, -0.2) is 0 Å². The van der Waals surface area contributed by atoms with E-state index < -0.39 is 0 Å². The maximum Gasteiger partial charge on any atom is 0.143 e. The lowest BCUT2D eigenvalue weighted by Gasteiger charge is -2.15. The summed E-state index contributed by atoms with van der Waals surface area (Å²) in [6, 6.07) is 19.3. The van der Waals surface area contributed by atoms with Gasteiger partial charge in [-0.05, 0) is 48.1 Å². The van der Waals surface area contributed by atoms with Crippen molar-refractivity contribution >= 4 is 21.9 Å². The molecule has 0 aliphatic carbocycles. The van der Waals surface area contributed by atoms with E-state index >= 15 is 0 Å². The Morgan fingerprint density at radius 2 is 1.50 bits per heavy atom. The van der Waals surface area contributed by atoms with Crippen LogP contribution in [0.4, 0.5) is 0 Å². The number of furan rings is 1. The fraction of sp³-hybridized carbons (Fsp3) is 0.280. The van der Waals surface area contributed by atoms with Gasteiger partial charge in [0.1, 0.15) is 11.2 Å². The van der Waals surface area contributed by atoms with Gasteiger partial charge < -0.3 is 4.42 Å². The first-order valence-corrected chi connectivity index (χ1v) is 9.58. The van der Waals surface area contributed by atoms with Crippen LogP contribution in [0.3, 0.4) is 0 Å². The van der Waals surface area contributed by atoms with Crippen molar-refractivity contribution < 1.29 is 4.42 Å². The van der Waals surface area contributed by atoms with Gasteiger partial charge in [-0.25, -0.2) is 0 Å². The van der Waals surface area contributed by atoms with Gasteiger partial charge in [0.2, 0.25) is 0 Å². The maximum atomic E-state index is 6.21. The standard InChI is InChI=1S/C23H22O.C2H6/c1-14(2)21-13-17(12-15(3)16(21)4)18-9-7-10-20-19-8-5-6-11-22(19)24-23(18)20;1-2/h5-14H,1-4H3;1-2H3. The van der Waals surface area contributed by atoms with E-state index in [2.05, 4.69) is 70.2 Å². The van der Waals surface area contributed by atoms with Crippen LogP contribution in [0, 0.1) is 13.8 Å². The molecule has 0 saturated heterocycles. The van der Waals surface area contributed by atoms with E-state index in [-0.39, 0.29) is 0 Å². The molecule has 1 heteroatoms. The number of para-hydroxylation sites is 2. The van der Waals surface area contributed by atoms with E-state index in [1.807, 2.05) is 26.0 Å². The fourth-order valence-electron chi connectivity index (χ4n) is 3.62. The minimum atomic E-state index is 0.513. The van der Waals surface area contributed by atoms with E-state index in [4.69, 9.17) is 4.42 Å². The Morgan fingerprint density at radius 3 is 2.23 bits per heavy atom. The summed E-state index contributed by atoms with van der Waals surface area (Å²) in [5.74, 6) is 0.513. The molecule has 0 amide bonds. The Balaban J connectivity index is 0.000000948. The molecule has 0 N–H and O–H groups in total. The van der Waals surface area contributed by atoms with Crippen LogP contribution in [0.2, 0.25) is 0 Å². The van der Waals surface area contributed by atoms with Crippen LogP contribution in [0.5, 0.6) is 0 Å². The Hall–Kier alpha value is -2.54. The second-order valence-corrected chi connectivity index (χ2v) is 6.94. The van der Waals surface area contributed by atoms with E-state index in [9.17, 15) is 0 Å². The van der Waals surface area contributed by atoms with Crippen LogP contribution in [0.25, 0.3) is 33.1 Å². The molecule has 0 radical (unpaired) electrons. The van der Waals surface area contributed by atoms with Gasteiger partial charge >= 0.3 is 0 Å². The average Bonchev–Trinajstić information content (AvgIpc) is 3.04. The van der Waals surface area contributed by atoms with E-state index in [1.165, 1.54) is 38.6 Å². The smallest absolute Gasteiger partial charge is 0.143 e. The zero-order valence-electron chi connectivity index (χ0n) is 16.7. The van der Waals surface area contributed by atoms with Crippen LogP contribution in [0.1, 0.15) is 50.3 Å². The van der Waals surface area contributed by atoms with Crippen molar-refractivity contribution in [1.82, 2.24) is 0 Å². The molecule has 1 heterocycles. The molecule has 4 aromatic rings. The summed E-state index contributed by atoms with van der Waals surface area (Å²) < 4.78 is 6.21. The largest absolute Gasteiger partial charge is 0.455 e. The molecule has 0 atom stereocenters. The highest BCUT2D eigenvalue weighted by Crippen LogP contribution is 2.37. The number of fused-ring (bicyclic) bond motifs is 3. The Bertz CT molecular complexity index is 1050. The molecule has 0 spiro atoms. The topological polar surface area (TPSA) is 13.1 Å². The molecule has 1 nitrogen and oxygen atoms in total. The van der Waals surface area contributed by atoms with Crippen molar-refractivity contribution in [3.63, 3.8) is 0 Å². The van der Waals surface area contributed by atoms with Crippen LogP contribution < -0.4 is 0 Å². The zero-order chi connectivity index (χ0) is 18.8. The number of aryl methyl sites for hydroxylation is 1. The molecule has 0 fully saturated rings. The minimum Gasteiger partial charge on any atom is -0.455 e. The maximum absolute atomic E-state index is 6.21. The van der Waals surface area contributed by atoms with Crippen LogP contribution >= 0.6 is 0 Å². The summed E-state index contributed by atoms with van der Waals surface area (Å²) >= 11 is 0. The monoisotopic (exact) mass is 344 g/mol. The van der Waals surface area contributed by atoms with Gasteiger partial charge in [0, 0.05) is 16.3 Å². The summed E-state index contributed by atoms with van der Waals surface area (Å²) in [5.41, 5.74) is 8.50. The molecule has 0 aliphatic rings. The first kappa shape index (κ1) is 18.3. The summed E-state index contributed by atoms with van der Waals surface area (Å²) in [4.78, 5) is 0. The SMILES string of the molecule is CC.Cc1cc(-c2cccc3c2oc2ccccc23)cc(C(C)C)c1C. The molecule has 0 unspecified atom stereocenters. The van der Waals surface area contributed by atoms with E-state index in [0.29, 0.717) is 5.92 Å². The number of benzene rings is 3. The number of hydrogen-bond donors (Lipinski definition) is 0. The molecular weight excluding hydrogens is 316 g/mol. The van der Waals surface area contributed by atoms with Gasteiger partial charge in [-0.2, -0.15) is 0 Å². The first-order valence-electron chi connectivity index (χ1n) is 9.58. The molecule has 134 valence electrons. The zero-order valence-corrected chi connectivity index (χ0v) is 16.7. The lowest BCUT2D eigenvalue weighted by molar-refractivity contribution is 0.670. The quantitative estimate of drug-likeness (QED) is 0.359. The highest BCUT2D eigenvalue weighted by atomic mass is 16.3.